The molecule has 12 aromatic rings. The number of hydrogen-bond acceptors (Lipinski definition) is 16. The second kappa shape index (κ2) is 29.6. The number of ether oxygens (including phenoxy) is 2. The smallest absolute Gasteiger partial charge is 0.488 e. The monoisotopic (exact) mass is 1090 g/mol. The number of fused-ring (bicyclic) bond motifs is 5. The van der Waals surface area contributed by atoms with E-state index < -0.39 is 35.2 Å². The minimum absolute atomic E-state index is 0. The van der Waals surface area contributed by atoms with E-state index >= 15 is 0 Å². The molecule has 414 valence electrons. The first-order chi connectivity index (χ1) is 37.6. The van der Waals surface area contributed by atoms with Crippen LogP contribution in [-0.2, 0) is 6.61 Å². The van der Waals surface area contributed by atoms with E-state index in [9.17, 15) is 14.8 Å². The number of carbonyl (C=O) groups is 1. The highest BCUT2D eigenvalue weighted by Gasteiger charge is 2.19. The van der Waals surface area contributed by atoms with Crippen LogP contribution in [0.15, 0.2) is 217 Å². The lowest BCUT2D eigenvalue weighted by atomic mass is 9.64. The molecule has 0 unspecified atom stereocenters. The van der Waals surface area contributed by atoms with Gasteiger partial charge in [-0.2, -0.15) is 0 Å². The first-order valence-corrected chi connectivity index (χ1v) is 24.4. The van der Waals surface area contributed by atoms with E-state index in [1.165, 1.54) is 0 Å². The van der Waals surface area contributed by atoms with Crippen LogP contribution in [0.5, 0.6) is 11.5 Å². The molecule has 0 aliphatic carbocycles. The third-order valence-corrected chi connectivity index (χ3v) is 12.0. The van der Waals surface area contributed by atoms with Crippen molar-refractivity contribution in [2.24, 2.45) is 0 Å². The van der Waals surface area contributed by atoms with Gasteiger partial charge >= 0.3 is 35.2 Å². The van der Waals surface area contributed by atoms with Crippen molar-refractivity contribution in [3.05, 3.63) is 212 Å². The molecule has 5 heterocycles. The molecule has 0 fully saturated rings. The maximum atomic E-state index is 12.2. The summed E-state index contributed by atoms with van der Waals surface area (Å²) in [7, 11) is -2.83. The summed E-state index contributed by atoms with van der Waals surface area (Å²) in [6.45, 7) is 2.68. The number of para-hydroxylation sites is 3. The number of benzene rings is 7. The molecule has 0 aliphatic rings. The van der Waals surface area contributed by atoms with E-state index in [2.05, 4.69) is 0 Å². The van der Waals surface area contributed by atoms with E-state index in [0.717, 1.165) is 43.9 Å². The van der Waals surface area contributed by atoms with E-state index in [1.807, 2.05) is 91.0 Å². The lowest BCUT2D eigenvalue weighted by Crippen LogP contribution is -2.29. The van der Waals surface area contributed by atoms with Gasteiger partial charge in [-0.1, -0.05) is 151 Å². The Hall–Kier alpha value is -8.49. The van der Waals surface area contributed by atoms with Crippen LogP contribution in [0.4, 0.5) is 0 Å². The van der Waals surface area contributed by atoms with Crippen LogP contribution >= 0.6 is 0 Å². The summed E-state index contributed by atoms with van der Waals surface area (Å²) < 4.78 is 37.7. The Morgan fingerprint density at radius 2 is 1.04 bits per heavy atom. The molecule has 21 heteroatoms. The fourth-order valence-corrected chi connectivity index (χ4v) is 7.97. The molecule has 5 aromatic heterocycles. The van der Waals surface area contributed by atoms with Crippen molar-refractivity contribution in [1.82, 2.24) is 0 Å². The van der Waals surface area contributed by atoms with Crippen molar-refractivity contribution in [1.29, 1.82) is 0 Å². The van der Waals surface area contributed by atoms with Crippen molar-refractivity contribution in [3.63, 3.8) is 0 Å². The first kappa shape index (κ1) is 63.3. The van der Waals surface area contributed by atoms with Gasteiger partial charge in [0, 0.05) is 32.5 Å². The summed E-state index contributed by atoms with van der Waals surface area (Å²) in [4.78, 5) is 12.2. The first-order valence-electron chi connectivity index (χ1n) is 24.4. The summed E-state index contributed by atoms with van der Waals surface area (Å²) in [6.07, 6.45) is 3.13. The number of furan rings is 5. The van der Waals surface area contributed by atoms with Crippen LogP contribution in [0.1, 0.15) is 44.2 Å². The molecule has 0 saturated carbocycles. The number of rotatable bonds is 11. The maximum Gasteiger partial charge on any atom is 0.488 e. The lowest BCUT2D eigenvalue weighted by molar-refractivity contribution is 0.101. The summed E-state index contributed by atoms with van der Waals surface area (Å²) in [5.74, 6) is 2.19. The molecule has 8 N–H and O–H groups in total. The Labute approximate surface area is 470 Å². The Kier molecular flexibility index (Phi) is 23.2. The second-order valence-corrected chi connectivity index (χ2v) is 17.6. The van der Waals surface area contributed by atoms with Crippen molar-refractivity contribution >= 4 is 123 Å². The second-order valence-electron chi connectivity index (χ2n) is 17.6. The number of methoxy groups -OCH3 is 1. The summed E-state index contributed by atoms with van der Waals surface area (Å²) in [6, 6.07) is 53.6. The fraction of sp³-hybridized carbons (Fsp3) is 0.117. The highest BCUT2D eigenvalue weighted by Crippen LogP contribution is 2.26. The molecule has 81 heavy (non-hydrogen) atoms. The van der Waals surface area contributed by atoms with Gasteiger partial charge in [0.25, 0.3) is 0 Å². The van der Waals surface area contributed by atoms with Crippen molar-refractivity contribution in [2.45, 2.75) is 42.5 Å². The molecule has 16 nitrogen and oxygen atoms in total. The highest BCUT2D eigenvalue weighted by molar-refractivity contribution is 6.67. The molecule has 12 rings (SSSR count). The molecule has 0 amide bonds. The largest absolute Gasteiger partial charge is 0.493 e. The zero-order valence-corrected chi connectivity index (χ0v) is 42.4. The SMILES string of the molecule is C.C.C.CB(O)c1cc2ccccc2o1.COc1cccc2c(B(C)O)coc12.O=C(c1ccccc1)c1cc2cc(B(O)O)ccc2o1.OB(O)c1ccc2oc(COc3ccccc3)cc2c1.OB(O)c1ccc2occc2c1. The average molecular weight is 1090 g/mol. The number of carbonyl (C=O) groups excluding carboxylic acids is 1. The van der Waals surface area contributed by atoms with Gasteiger partial charge in [-0.25, -0.2) is 0 Å². The van der Waals surface area contributed by atoms with Gasteiger partial charge < -0.3 is 71.8 Å². The normalized spacial score (nSPS) is 10.2. The van der Waals surface area contributed by atoms with Crippen LogP contribution in [-0.4, -0.2) is 88.3 Å². The summed E-state index contributed by atoms with van der Waals surface area (Å²) >= 11 is 0. The molecule has 0 bridgehead atoms. The van der Waals surface area contributed by atoms with Crippen LogP contribution in [0.2, 0.25) is 13.6 Å². The molecule has 0 atom stereocenters. The third kappa shape index (κ3) is 16.3. The van der Waals surface area contributed by atoms with E-state index in [4.69, 9.17) is 61.7 Å². The van der Waals surface area contributed by atoms with Crippen LogP contribution < -0.4 is 37.0 Å². The van der Waals surface area contributed by atoms with Crippen molar-refractivity contribution in [2.75, 3.05) is 7.11 Å². The van der Waals surface area contributed by atoms with Crippen molar-refractivity contribution in [3.8, 4) is 11.5 Å². The minimum atomic E-state index is -1.54. The predicted octanol–water partition coefficient (Wildman–Crippen LogP) is 7.57. The van der Waals surface area contributed by atoms with Crippen molar-refractivity contribution < 1.29 is 76.5 Å². The molecule has 7 aromatic carbocycles. The van der Waals surface area contributed by atoms with Gasteiger partial charge in [0.15, 0.2) is 17.1 Å². The zero-order chi connectivity index (χ0) is 55.3. The topological polar surface area (TPSA) is 263 Å². The van der Waals surface area contributed by atoms with Gasteiger partial charge in [-0.15, -0.1) is 0 Å². The number of ketones is 1. The predicted molar refractivity (Wildman–Crippen MR) is 325 cm³/mol. The van der Waals surface area contributed by atoms with Gasteiger partial charge in [0.2, 0.25) is 5.78 Å². The van der Waals surface area contributed by atoms with Gasteiger partial charge in [-0.05, 0) is 88.6 Å². The third-order valence-electron chi connectivity index (χ3n) is 12.0. The minimum Gasteiger partial charge on any atom is -0.493 e. The Balaban J connectivity index is 0.000000187. The van der Waals surface area contributed by atoms with E-state index in [0.29, 0.717) is 67.9 Å². The van der Waals surface area contributed by atoms with Crippen LogP contribution in [0, 0.1) is 0 Å². The van der Waals surface area contributed by atoms with E-state index in [-0.39, 0.29) is 33.8 Å². The molecular formula is C60H63B5O16. The van der Waals surface area contributed by atoms with E-state index in [1.54, 1.807) is 124 Å². The Bertz CT molecular complexity index is 3810. The lowest BCUT2D eigenvalue weighted by Gasteiger charge is -2.02. The summed E-state index contributed by atoms with van der Waals surface area (Å²) in [5, 5.41) is 77.2. The van der Waals surface area contributed by atoms with Crippen LogP contribution in [0.3, 0.4) is 0 Å². The zero-order valence-electron chi connectivity index (χ0n) is 42.4. The quantitative estimate of drug-likeness (QED) is 0.0459. The number of hydrogen-bond donors (Lipinski definition) is 8. The molecule has 0 radical (unpaired) electrons. The molecule has 0 aliphatic heterocycles. The molecular weight excluding hydrogens is 1030 g/mol. The average Bonchev–Trinajstić information content (AvgIpc) is 4.39. The fourth-order valence-electron chi connectivity index (χ4n) is 7.97. The maximum absolute atomic E-state index is 12.2. The Morgan fingerprint density at radius 3 is 1.63 bits per heavy atom. The molecule has 0 saturated heterocycles. The van der Waals surface area contributed by atoms with Gasteiger partial charge in [-0.3, -0.25) is 4.79 Å². The molecule has 0 spiro atoms. The van der Waals surface area contributed by atoms with Gasteiger partial charge in [0.1, 0.15) is 46.1 Å². The highest BCUT2D eigenvalue weighted by atomic mass is 16.5. The summed E-state index contributed by atoms with van der Waals surface area (Å²) in [5.41, 5.74) is 6.73. The standard InChI is InChI=1S/C15H13BO4.C15H11BO4.C10H11BO3.C9H9BO2.C8H7BO3.3CH4/c17-16(18)12-6-7-15-11(8-12)9-14(20-15)10-19-13-4-2-1-3-5-13;17-15(10-4-2-1-3-5-10)14-9-11-8-12(16(18)19)6-7-13(11)20-14;1-11(12)8-6-14-10-7(8)4-3-5-9(10)13-2;1-10(11)9-6-7-4-2-3-5-8(7)12-9;10-9(11)7-1-2-8-6(5-7)3-4-12-8;;;/h1-9,17-18H,10H2;1-9,18-19H;3-6,12H,1-2H3;2-6,11H,1H3;1-5,10-11H;3*1H4. The van der Waals surface area contributed by atoms with Crippen LogP contribution in [0.25, 0.3) is 54.8 Å². The van der Waals surface area contributed by atoms with Gasteiger partial charge in [0.05, 0.1) is 19.6 Å². The Morgan fingerprint density at radius 1 is 0.494 bits per heavy atom.